The van der Waals surface area contributed by atoms with E-state index in [4.69, 9.17) is 14.4 Å². The number of nitrogens with zero attached hydrogens (tertiary/aromatic N) is 1. The lowest BCUT2D eigenvalue weighted by Gasteiger charge is -2.42. The number of amides is 2. The van der Waals surface area contributed by atoms with Crippen LogP contribution in [0.15, 0.2) is 30.3 Å². The molecule has 2 rings (SSSR count). The molecule has 1 aromatic rings. The number of hydrogen-bond donors (Lipinski definition) is 3. The lowest BCUT2D eigenvalue weighted by Crippen LogP contribution is -2.73. The highest BCUT2D eigenvalue weighted by molar-refractivity contribution is 7.84. The summed E-state index contributed by atoms with van der Waals surface area (Å²) in [4.78, 5) is 23.2. The Hall–Kier alpha value is -2.17. The molecule has 0 aliphatic carbocycles. The van der Waals surface area contributed by atoms with Crippen LogP contribution in [0.2, 0.25) is 0 Å². The van der Waals surface area contributed by atoms with Crippen molar-refractivity contribution in [2.45, 2.75) is 18.7 Å². The minimum absolute atomic E-state index is 0.0284. The smallest absolute Gasteiger partial charge is 0.408 e. The Bertz CT molecular complexity index is 661. The predicted octanol–water partition coefficient (Wildman–Crippen LogP) is -0.713. The first-order valence-electron chi connectivity index (χ1n) is 6.23. The maximum Gasteiger partial charge on any atom is 0.408 e. The zero-order valence-corrected chi connectivity index (χ0v) is 12.1. The van der Waals surface area contributed by atoms with Crippen LogP contribution in [-0.2, 0) is 26.4 Å². The van der Waals surface area contributed by atoms with E-state index in [1.54, 1.807) is 30.3 Å². The number of benzene rings is 1. The highest BCUT2D eigenvalue weighted by Crippen LogP contribution is 2.23. The van der Waals surface area contributed by atoms with Gasteiger partial charge in [-0.05, 0) is 5.56 Å². The van der Waals surface area contributed by atoms with Crippen molar-refractivity contribution in [3.05, 3.63) is 35.9 Å². The molecule has 0 aromatic heterocycles. The normalized spacial score (nSPS) is 21.2. The largest absolute Gasteiger partial charge is 0.445 e. The fourth-order valence-corrected chi connectivity index (χ4v) is 2.90. The highest BCUT2D eigenvalue weighted by Gasteiger charge is 2.53. The summed E-state index contributed by atoms with van der Waals surface area (Å²) in [5.41, 5.74) is 0.732. The number of alkyl carbamates (subject to hydrolysis) is 1. The zero-order chi connectivity index (χ0) is 16.3. The first-order chi connectivity index (χ1) is 10.3. The maximum absolute atomic E-state index is 11.6. The Labute approximate surface area is 126 Å². The van der Waals surface area contributed by atoms with Crippen LogP contribution in [-0.4, -0.2) is 53.1 Å². The van der Waals surface area contributed by atoms with Crippen LogP contribution in [0.25, 0.3) is 0 Å². The quantitative estimate of drug-likeness (QED) is 0.479. The molecule has 0 unspecified atom stereocenters. The van der Waals surface area contributed by atoms with Gasteiger partial charge in [-0.3, -0.25) is 9.35 Å². The van der Waals surface area contributed by atoms with Gasteiger partial charge in [-0.1, -0.05) is 30.3 Å². The monoisotopic (exact) mass is 330 g/mol. The molecule has 1 aliphatic rings. The highest BCUT2D eigenvalue weighted by atomic mass is 32.2. The Morgan fingerprint density at radius 1 is 1.32 bits per heavy atom. The van der Waals surface area contributed by atoms with Crippen molar-refractivity contribution in [1.82, 2.24) is 9.62 Å². The predicted molar refractivity (Wildman–Crippen MR) is 72.8 cm³/mol. The summed E-state index contributed by atoms with van der Waals surface area (Å²) in [7, 11) is -4.77. The number of carbonyl (C=O) groups is 2. The minimum Gasteiger partial charge on any atom is -0.445 e. The number of carbonyl (C=O) groups excluding carboxylic acids is 2. The fraction of sp³-hybridized carbons (Fsp3) is 0.333. The summed E-state index contributed by atoms with van der Waals surface area (Å²) in [5, 5.41) is 11.2. The standard InChI is InChI=1S/C12H14N2O7S/c15-6-9-10(11(16)14(9)22(18,19)20)13-12(17)21-7-8-4-2-1-3-5-8/h1-5,9-10,15H,6-7H2,(H,13,17)(H,18,19,20)/t9-,10+/m0/s1. The van der Waals surface area contributed by atoms with E-state index in [2.05, 4.69) is 5.32 Å². The number of nitrogens with one attached hydrogen (secondary N) is 1. The van der Waals surface area contributed by atoms with Crippen LogP contribution in [0.3, 0.4) is 0 Å². The first kappa shape index (κ1) is 16.2. The second kappa shape index (κ2) is 6.30. The summed E-state index contributed by atoms with van der Waals surface area (Å²) in [6.07, 6.45) is -0.935. The third kappa shape index (κ3) is 3.35. The molecule has 0 bridgehead atoms. The molecule has 10 heteroatoms. The van der Waals surface area contributed by atoms with Crippen molar-refractivity contribution in [2.75, 3.05) is 6.61 Å². The molecule has 2 atom stereocenters. The van der Waals surface area contributed by atoms with Crippen LogP contribution in [0.1, 0.15) is 5.56 Å². The van der Waals surface area contributed by atoms with Crippen molar-refractivity contribution in [3.63, 3.8) is 0 Å². The van der Waals surface area contributed by atoms with Gasteiger partial charge in [-0.15, -0.1) is 0 Å². The van der Waals surface area contributed by atoms with Crippen LogP contribution in [0.4, 0.5) is 4.79 Å². The molecule has 1 fully saturated rings. The van der Waals surface area contributed by atoms with Crippen molar-refractivity contribution < 1.29 is 32.4 Å². The lowest BCUT2D eigenvalue weighted by atomic mass is 10.0. The molecule has 1 aromatic carbocycles. The van der Waals surface area contributed by atoms with Gasteiger partial charge < -0.3 is 15.2 Å². The van der Waals surface area contributed by atoms with Crippen LogP contribution >= 0.6 is 0 Å². The van der Waals surface area contributed by atoms with Gasteiger partial charge in [0.05, 0.1) is 6.61 Å². The Morgan fingerprint density at radius 2 is 1.95 bits per heavy atom. The van der Waals surface area contributed by atoms with E-state index in [0.29, 0.717) is 0 Å². The number of rotatable bonds is 5. The molecule has 2 amide bonds. The number of ether oxygens (including phenoxy) is 1. The SMILES string of the molecule is O=C(N[C@H]1C(=O)N(S(=O)(=O)O)[C@H]1CO)OCc1ccccc1. The topological polar surface area (TPSA) is 133 Å². The minimum atomic E-state index is -4.77. The van der Waals surface area contributed by atoms with Gasteiger partial charge >= 0.3 is 16.4 Å². The lowest BCUT2D eigenvalue weighted by molar-refractivity contribution is -0.144. The van der Waals surface area contributed by atoms with Gasteiger partial charge in [0.2, 0.25) is 0 Å². The number of aliphatic hydroxyl groups is 1. The van der Waals surface area contributed by atoms with E-state index in [1.165, 1.54) is 0 Å². The van der Waals surface area contributed by atoms with Crippen molar-refractivity contribution in [1.29, 1.82) is 0 Å². The maximum atomic E-state index is 11.6. The Kier molecular flexibility index (Phi) is 4.64. The molecule has 1 heterocycles. The van der Waals surface area contributed by atoms with Gasteiger partial charge in [0.15, 0.2) is 0 Å². The van der Waals surface area contributed by atoms with E-state index >= 15 is 0 Å². The average Bonchev–Trinajstić information content (AvgIpc) is 2.47. The molecule has 9 nitrogen and oxygen atoms in total. The van der Waals surface area contributed by atoms with Crippen molar-refractivity contribution >= 4 is 22.3 Å². The van der Waals surface area contributed by atoms with E-state index < -0.39 is 41.0 Å². The van der Waals surface area contributed by atoms with E-state index in [-0.39, 0.29) is 10.9 Å². The molecule has 0 radical (unpaired) electrons. The zero-order valence-electron chi connectivity index (χ0n) is 11.2. The summed E-state index contributed by atoms with van der Waals surface area (Å²) in [6, 6.07) is 6.26. The molecular formula is C12H14N2O7S. The van der Waals surface area contributed by atoms with Crippen LogP contribution < -0.4 is 5.32 Å². The van der Waals surface area contributed by atoms with Gasteiger partial charge in [0, 0.05) is 0 Å². The molecule has 0 spiro atoms. The second-order valence-electron chi connectivity index (χ2n) is 4.55. The van der Waals surface area contributed by atoms with Gasteiger partial charge in [-0.2, -0.15) is 8.42 Å². The van der Waals surface area contributed by atoms with Gasteiger partial charge in [-0.25, -0.2) is 9.10 Å². The van der Waals surface area contributed by atoms with Crippen molar-refractivity contribution in [3.8, 4) is 0 Å². The number of β-lactam (4-membered cyclic amide) rings is 1. The van der Waals surface area contributed by atoms with Gasteiger partial charge in [0.25, 0.3) is 5.91 Å². The Morgan fingerprint density at radius 3 is 2.50 bits per heavy atom. The summed E-state index contributed by atoms with van der Waals surface area (Å²) >= 11 is 0. The van der Waals surface area contributed by atoms with Crippen LogP contribution in [0.5, 0.6) is 0 Å². The third-order valence-corrected chi connectivity index (χ3v) is 4.04. The Balaban J connectivity index is 1.91. The van der Waals surface area contributed by atoms with E-state index in [0.717, 1.165) is 5.56 Å². The second-order valence-corrected chi connectivity index (χ2v) is 5.83. The molecule has 1 saturated heterocycles. The summed E-state index contributed by atoms with van der Waals surface area (Å²) in [5.74, 6) is -1.04. The first-order valence-corrected chi connectivity index (χ1v) is 7.63. The number of hydrogen-bond acceptors (Lipinski definition) is 6. The van der Waals surface area contributed by atoms with E-state index in [1.807, 2.05) is 0 Å². The molecule has 120 valence electrons. The number of aliphatic hydroxyl groups excluding tert-OH is 1. The summed E-state index contributed by atoms with van der Waals surface area (Å²) < 4.78 is 35.7. The molecule has 22 heavy (non-hydrogen) atoms. The third-order valence-electron chi connectivity index (χ3n) is 3.09. The molecular weight excluding hydrogens is 316 g/mol. The summed E-state index contributed by atoms with van der Waals surface area (Å²) in [6.45, 7) is -0.769. The molecule has 1 aliphatic heterocycles. The molecule has 0 saturated carbocycles. The fourth-order valence-electron chi connectivity index (χ4n) is 2.03. The van der Waals surface area contributed by atoms with Gasteiger partial charge in [0.1, 0.15) is 18.7 Å². The molecule has 3 N–H and O–H groups in total. The van der Waals surface area contributed by atoms with Crippen LogP contribution in [0, 0.1) is 0 Å². The van der Waals surface area contributed by atoms with Crippen molar-refractivity contribution in [2.24, 2.45) is 0 Å². The average molecular weight is 330 g/mol. The van der Waals surface area contributed by atoms with E-state index in [9.17, 15) is 18.0 Å².